The SMILES string of the molecule is COc1ccc(C)cc1/C=C/C(=O)N1CCCC1c1ccncc1. The highest BCUT2D eigenvalue weighted by molar-refractivity contribution is 5.92. The Morgan fingerprint density at radius 2 is 2.08 bits per heavy atom. The molecule has 124 valence electrons. The number of carbonyl (C=O) groups is 1. The fourth-order valence-corrected chi connectivity index (χ4v) is 3.20. The van der Waals surface area contributed by atoms with Crippen LogP contribution in [0.15, 0.2) is 48.8 Å². The first-order valence-corrected chi connectivity index (χ1v) is 8.22. The molecular formula is C20H22N2O2. The van der Waals surface area contributed by atoms with Crippen molar-refractivity contribution in [1.82, 2.24) is 9.88 Å². The van der Waals surface area contributed by atoms with Gasteiger partial charge in [-0.05, 0) is 55.7 Å². The number of ether oxygens (including phenoxy) is 1. The molecule has 1 aliphatic rings. The number of hydrogen-bond acceptors (Lipinski definition) is 3. The van der Waals surface area contributed by atoms with Crippen molar-refractivity contribution < 1.29 is 9.53 Å². The van der Waals surface area contributed by atoms with Gasteiger partial charge in [0.05, 0.1) is 13.2 Å². The van der Waals surface area contributed by atoms with Crippen LogP contribution in [0.2, 0.25) is 0 Å². The summed E-state index contributed by atoms with van der Waals surface area (Å²) < 4.78 is 5.37. The number of pyridine rings is 1. The van der Waals surface area contributed by atoms with Crippen molar-refractivity contribution in [3.05, 3.63) is 65.5 Å². The van der Waals surface area contributed by atoms with Crippen LogP contribution in [0.1, 0.15) is 35.6 Å². The van der Waals surface area contributed by atoms with Crippen molar-refractivity contribution in [3.63, 3.8) is 0 Å². The summed E-state index contributed by atoms with van der Waals surface area (Å²) in [6, 6.07) is 10.1. The van der Waals surface area contributed by atoms with Gasteiger partial charge in [0, 0.05) is 30.6 Å². The number of benzene rings is 1. The lowest BCUT2D eigenvalue weighted by Crippen LogP contribution is -2.28. The van der Waals surface area contributed by atoms with E-state index in [1.165, 1.54) is 0 Å². The maximum atomic E-state index is 12.7. The Kier molecular flexibility index (Phi) is 4.94. The quantitative estimate of drug-likeness (QED) is 0.805. The standard InChI is InChI=1S/C20H22N2O2/c1-15-5-7-19(24-2)17(14-15)6-8-20(23)22-13-3-4-18(22)16-9-11-21-12-10-16/h5-12,14,18H,3-4,13H2,1-2H3/b8-6+. The molecule has 0 saturated carbocycles. The number of rotatable bonds is 4. The van der Waals surface area contributed by atoms with E-state index in [4.69, 9.17) is 4.74 Å². The van der Waals surface area contributed by atoms with Gasteiger partial charge in [0.2, 0.25) is 5.91 Å². The molecule has 1 unspecified atom stereocenters. The first kappa shape index (κ1) is 16.2. The molecule has 0 aliphatic carbocycles. The molecule has 2 aromatic rings. The van der Waals surface area contributed by atoms with E-state index in [2.05, 4.69) is 4.98 Å². The van der Waals surface area contributed by atoms with Gasteiger partial charge in [0.25, 0.3) is 0 Å². The second-order valence-corrected chi connectivity index (χ2v) is 6.05. The van der Waals surface area contributed by atoms with Gasteiger partial charge in [-0.2, -0.15) is 0 Å². The fraction of sp³-hybridized carbons (Fsp3) is 0.300. The van der Waals surface area contributed by atoms with E-state index >= 15 is 0 Å². The van der Waals surface area contributed by atoms with E-state index in [1.54, 1.807) is 25.6 Å². The Morgan fingerprint density at radius 3 is 2.83 bits per heavy atom. The van der Waals surface area contributed by atoms with Crippen LogP contribution in [0.4, 0.5) is 0 Å². The van der Waals surface area contributed by atoms with Crippen molar-refractivity contribution in [1.29, 1.82) is 0 Å². The summed E-state index contributed by atoms with van der Waals surface area (Å²) in [5.74, 6) is 0.814. The van der Waals surface area contributed by atoms with Crippen molar-refractivity contribution in [2.45, 2.75) is 25.8 Å². The number of likely N-dealkylation sites (tertiary alicyclic amines) is 1. The number of methoxy groups -OCH3 is 1. The Hall–Kier alpha value is -2.62. The van der Waals surface area contributed by atoms with Crippen molar-refractivity contribution in [2.75, 3.05) is 13.7 Å². The van der Waals surface area contributed by atoms with Crippen molar-refractivity contribution >= 4 is 12.0 Å². The zero-order chi connectivity index (χ0) is 16.9. The summed E-state index contributed by atoms with van der Waals surface area (Å²) in [4.78, 5) is 18.7. The van der Waals surface area contributed by atoms with Gasteiger partial charge in [-0.15, -0.1) is 0 Å². The number of aryl methyl sites for hydroxylation is 1. The monoisotopic (exact) mass is 322 g/mol. The normalized spacial score (nSPS) is 17.4. The van der Waals surface area contributed by atoms with E-state index in [0.29, 0.717) is 0 Å². The summed E-state index contributed by atoms with van der Waals surface area (Å²) in [5.41, 5.74) is 3.21. The molecule has 1 aromatic carbocycles. The van der Waals surface area contributed by atoms with Crippen molar-refractivity contribution in [2.24, 2.45) is 0 Å². The molecule has 2 heterocycles. The fourth-order valence-electron chi connectivity index (χ4n) is 3.20. The van der Waals surface area contributed by atoms with E-state index in [0.717, 1.165) is 41.8 Å². The zero-order valence-corrected chi connectivity index (χ0v) is 14.1. The average Bonchev–Trinajstić information content (AvgIpc) is 3.10. The second-order valence-electron chi connectivity index (χ2n) is 6.05. The molecule has 1 aromatic heterocycles. The van der Waals surface area contributed by atoms with E-state index < -0.39 is 0 Å². The molecule has 1 atom stereocenters. The van der Waals surface area contributed by atoms with E-state index in [1.807, 2.05) is 48.2 Å². The molecule has 4 nitrogen and oxygen atoms in total. The molecular weight excluding hydrogens is 300 g/mol. The molecule has 1 fully saturated rings. The number of hydrogen-bond donors (Lipinski definition) is 0. The highest BCUT2D eigenvalue weighted by Gasteiger charge is 2.28. The lowest BCUT2D eigenvalue weighted by Gasteiger charge is -2.23. The second kappa shape index (κ2) is 7.30. The van der Waals surface area contributed by atoms with Crippen LogP contribution in [-0.4, -0.2) is 29.4 Å². The minimum Gasteiger partial charge on any atom is -0.496 e. The van der Waals surface area contributed by atoms with Crippen LogP contribution in [0, 0.1) is 6.92 Å². The minimum atomic E-state index is 0.0397. The third-order valence-corrected chi connectivity index (χ3v) is 4.42. The third-order valence-electron chi connectivity index (χ3n) is 4.42. The van der Waals surface area contributed by atoms with E-state index in [-0.39, 0.29) is 11.9 Å². The number of amides is 1. The topological polar surface area (TPSA) is 42.4 Å². The largest absolute Gasteiger partial charge is 0.496 e. The molecule has 24 heavy (non-hydrogen) atoms. The van der Waals surface area contributed by atoms with Gasteiger partial charge >= 0.3 is 0 Å². The molecule has 0 radical (unpaired) electrons. The van der Waals surface area contributed by atoms with Crippen LogP contribution < -0.4 is 4.74 Å². The highest BCUT2D eigenvalue weighted by Crippen LogP contribution is 2.32. The number of carbonyl (C=O) groups excluding carboxylic acids is 1. The summed E-state index contributed by atoms with van der Waals surface area (Å²) in [6.07, 6.45) is 9.08. The Balaban J connectivity index is 1.78. The van der Waals surface area contributed by atoms with Gasteiger partial charge in [0.15, 0.2) is 0 Å². The zero-order valence-electron chi connectivity index (χ0n) is 14.1. The Labute approximate surface area is 142 Å². The smallest absolute Gasteiger partial charge is 0.247 e. The third kappa shape index (κ3) is 3.48. The lowest BCUT2D eigenvalue weighted by atomic mass is 10.1. The summed E-state index contributed by atoms with van der Waals surface area (Å²) in [7, 11) is 1.64. The lowest BCUT2D eigenvalue weighted by molar-refractivity contribution is -0.126. The van der Waals surface area contributed by atoms with E-state index in [9.17, 15) is 4.79 Å². The van der Waals surface area contributed by atoms with Crippen molar-refractivity contribution in [3.8, 4) is 5.75 Å². The van der Waals surface area contributed by atoms with Crippen LogP contribution in [0.3, 0.4) is 0 Å². The highest BCUT2D eigenvalue weighted by atomic mass is 16.5. The summed E-state index contributed by atoms with van der Waals surface area (Å²) in [6.45, 7) is 2.82. The predicted octanol–water partition coefficient (Wildman–Crippen LogP) is 3.78. The van der Waals surface area contributed by atoms with Crippen LogP contribution in [-0.2, 0) is 4.79 Å². The first-order valence-electron chi connectivity index (χ1n) is 8.22. The summed E-state index contributed by atoms with van der Waals surface area (Å²) >= 11 is 0. The van der Waals surface area contributed by atoms with Crippen LogP contribution in [0.5, 0.6) is 5.75 Å². The minimum absolute atomic E-state index is 0.0397. The predicted molar refractivity (Wildman–Crippen MR) is 94.7 cm³/mol. The Morgan fingerprint density at radius 1 is 1.29 bits per heavy atom. The van der Waals surface area contributed by atoms with Gasteiger partial charge in [0.1, 0.15) is 5.75 Å². The Bertz CT molecular complexity index is 741. The molecule has 0 spiro atoms. The van der Waals surface area contributed by atoms with Gasteiger partial charge in [-0.1, -0.05) is 11.6 Å². The molecule has 1 amide bonds. The summed E-state index contributed by atoms with van der Waals surface area (Å²) in [5, 5.41) is 0. The maximum absolute atomic E-state index is 12.7. The molecule has 4 heteroatoms. The number of nitrogens with zero attached hydrogens (tertiary/aromatic N) is 2. The molecule has 0 bridgehead atoms. The maximum Gasteiger partial charge on any atom is 0.247 e. The molecule has 3 rings (SSSR count). The molecule has 1 saturated heterocycles. The van der Waals surface area contributed by atoms with Gasteiger partial charge < -0.3 is 9.64 Å². The molecule has 1 aliphatic heterocycles. The average molecular weight is 322 g/mol. The molecule has 0 N–H and O–H groups in total. The first-order chi connectivity index (χ1) is 11.7. The van der Waals surface area contributed by atoms with Crippen LogP contribution >= 0.6 is 0 Å². The van der Waals surface area contributed by atoms with Gasteiger partial charge in [-0.3, -0.25) is 9.78 Å². The number of aromatic nitrogens is 1. The van der Waals surface area contributed by atoms with Crippen LogP contribution in [0.25, 0.3) is 6.08 Å². The van der Waals surface area contributed by atoms with Gasteiger partial charge in [-0.25, -0.2) is 0 Å².